The molecule has 1 aromatic rings. The summed E-state index contributed by atoms with van der Waals surface area (Å²) in [5.41, 5.74) is 6.52. The van der Waals surface area contributed by atoms with Crippen molar-refractivity contribution in [2.24, 2.45) is 0 Å². The van der Waals surface area contributed by atoms with Crippen molar-refractivity contribution in [2.75, 3.05) is 18.9 Å². The lowest BCUT2D eigenvalue weighted by Gasteiger charge is -2.12. The number of anilines is 1. The fourth-order valence-electron chi connectivity index (χ4n) is 1.61. The molecule has 0 saturated heterocycles. The zero-order valence-corrected chi connectivity index (χ0v) is 11.6. The van der Waals surface area contributed by atoms with E-state index in [0.717, 1.165) is 6.42 Å². The number of nitrogens with zero attached hydrogens (tertiary/aromatic N) is 1. The van der Waals surface area contributed by atoms with Crippen LogP contribution >= 0.6 is 0 Å². The Kier molecular flexibility index (Phi) is 5.41. The fourth-order valence-corrected chi connectivity index (χ4v) is 1.61. The third-order valence-electron chi connectivity index (χ3n) is 2.54. The van der Waals surface area contributed by atoms with Crippen LogP contribution in [0, 0.1) is 0 Å². The molecular weight excluding hydrogens is 246 g/mol. The van der Waals surface area contributed by atoms with Crippen LogP contribution < -0.4 is 11.1 Å². The number of hydrogen-bond donors (Lipinski definition) is 2. The van der Waals surface area contributed by atoms with E-state index in [1.54, 1.807) is 16.8 Å². The quantitative estimate of drug-likeness (QED) is 0.761. The van der Waals surface area contributed by atoms with Crippen molar-refractivity contribution in [3.05, 3.63) is 18.0 Å². The Balaban J connectivity index is 2.61. The van der Waals surface area contributed by atoms with Crippen LogP contribution in [0.5, 0.6) is 0 Å². The van der Waals surface area contributed by atoms with E-state index in [2.05, 4.69) is 5.32 Å². The number of amides is 1. The molecule has 6 heteroatoms. The third kappa shape index (κ3) is 4.31. The number of rotatable bonds is 6. The normalized spacial score (nSPS) is 10.5. The first-order valence-electron chi connectivity index (χ1n) is 6.36. The molecule has 1 rings (SSSR count). The summed E-state index contributed by atoms with van der Waals surface area (Å²) in [5, 5.41) is 2.63. The van der Waals surface area contributed by atoms with Crippen LogP contribution in [-0.4, -0.2) is 29.6 Å². The van der Waals surface area contributed by atoms with E-state index in [4.69, 9.17) is 10.5 Å². The highest BCUT2D eigenvalue weighted by Gasteiger charge is 2.17. The van der Waals surface area contributed by atoms with Gasteiger partial charge in [0, 0.05) is 18.8 Å². The molecule has 0 aliphatic carbocycles. The van der Waals surface area contributed by atoms with Gasteiger partial charge in [-0.05, 0) is 26.3 Å². The summed E-state index contributed by atoms with van der Waals surface area (Å²) >= 11 is 0. The van der Waals surface area contributed by atoms with Crippen LogP contribution in [0.1, 0.15) is 43.7 Å². The van der Waals surface area contributed by atoms with Crippen molar-refractivity contribution in [3.63, 3.8) is 0 Å². The smallest absolute Gasteiger partial charge is 0.355 e. The Hall–Kier alpha value is -1.98. The van der Waals surface area contributed by atoms with Gasteiger partial charge in [-0.15, -0.1) is 0 Å². The van der Waals surface area contributed by atoms with Crippen molar-refractivity contribution in [1.82, 2.24) is 9.88 Å². The zero-order chi connectivity index (χ0) is 14.4. The van der Waals surface area contributed by atoms with Crippen LogP contribution in [0.25, 0.3) is 0 Å². The summed E-state index contributed by atoms with van der Waals surface area (Å²) in [6, 6.07) is 1.64. The molecular formula is C13H21N3O3. The fraction of sp³-hybridized carbons (Fsp3) is 0.538. The van der Waals surface area contributed by atoms with Gasteiger partial charge in [0.2, 0.25) is 0 Å². The number of aromatic nitrogens is 1. The Labute approximate surface area is 112 Å². The number of nitrogens with one attached hydrogen (secondary N) is 1. The Bertz CT molecular complexity index is 452. The molecule has 0 fully saturated rings. The van der Waals surface area contributed by atoms with E-state index in [9.17, 15) is 9.59 Å². The standard InChI is InChI=1S/C13H21N3O3/c1-4-5-15-12(17)8-19-13(18)11-6-10(14)7-16(11)9(2)3/h6-7,9H,4-5,8,14H2,1-3H3,(H,15,17). The summed E-state index contributed by atoms with van der Waals surface area (Å²) in [6.07, 6.45) is 2.52. The molecule has 1 heterocycles. The molecule has 6 nitrogen and oxygen atoms in total. The molecule has 0 bridgehead atoms. The van der Waals surface area contributed by atoms with Gasteiger partial charge in [0.15, 0.2) is 6.61 Å². The summed E-state index contributed by atoms with van der Waals surface area (Å²) in [6.45, 7) is 6.12. The summed E-state index contributed by atoms with van der Waals surface area (Å²) < 4.78 is 6.69. The maximum atomic E-state index is 11.9. The molecule has 3 N–H and O–H groups in total. The molecule has 0 saturated carbocycles. The molecule has 19 heavy (non-hydrogen) atoms. The Morgan fingerprint density at radius 3 is 2.74 bits per heavy atom. The average Bonchev–Trinajstić information content (AvgIpc) is 2.75. The number of esters is 1. The molecule has 0 unspecified atom stereocenters. The van der Waals surface area contributed by atoms with Gasteiger partial charge in [-0.1, -0.05) is 6.92 Å². The summed E-state index contributed by atoms with van der Waals surface area (Å²) in [7, 11) is 0. The highest BCUT2D eigenvalue weighted by molar-refractivity contribution is 5.91. The van der Waals surface area contributed by atoms with Gasteiger partial charge < -0.3 is 20.4 Å². The second-order valence-corrected chi connectivity index (χ2v) is 4.59. The molecule has 0 aliphatic rings. The number of nitrogen functional groups attached to an aromatic ring is 1. The second kappa shape index (κ2) is 6.82. The van der Waals surface area contributed by atoms with Gasteiger partial charge in [-0.3, -0.25) is 4.79 Å². The monoisotopic (exact) mass is 267 g/mol. The van der Waals surface area contributed by atoms with Gasteiger partial charge in [-0.2, -0.15) is 0 Å². The van der Waals surface area contributed by atoms with Crippen LogP contribution in [0.15, 0.2) is 12.3 Å². The van der Waals surface area contributed by atoms with E-state index >= 15 is 0 Å². The maximum absolute atomic E-state index is 11.9. The molecule has 0 radical (unpaired) electrons. The van der Waals surface area contributed by atoms with Crippen molar-refractivity contribution in [1.29, 1.82) is 0 Å². The second-order valence-electron chi connectivity index (χ2n) is 4.59. The van der Waals surface area contributed by atoms with E-state index in [0.29, 0.717) is 17.9 Å². The predicted octanol–water partition coefficient (Wildman–Crippen LogP) is 1.33. The number of nitrogens with two attached hydrogens (primary N) is 1. The topological polar surface area (TPSA) is 86.3 Å². The number of carbonyl (C=O) groups excluding carboxylic acids is 2. The first-order chi connectivity index (χ1) is 8.95. The van der Waals surface area contributed by atoms with E-state index < -0.39 is 5.97 Å². The van der Waals surface area contributed by atoms with Crippen LogP contribution in [0.3, 0.4) is 0 Å². The average molecular weight is 267 g/mol. The summed E-state index contributed by atoms with van der Waals surface area (Å²) in [5.74, 6) is -0.845. The van der Waals surface area contributed by atoms with Gasteiger partial charge in [0.05, 0.1) is 5.69 Å². The van der Waals surface area contributed by atoms with Gasteiger partial charge in [-0.25, -0.2) is 4.79 Å². The van der Waals surface area contributed by atoms with E-state index in [1.165, 1.54) is 0 Å². The molecule has 0 aliphatic heterocycles. The lowest BCUT2D eigenvalue weighted by atomic mass is 10.3. The first kappa shape index (κ1) is 15.1. The van der Waals surface area contributed by atoms with Crippen molar-refractivity contribution >= 4 is 17.6 Å². The molecule has 0 atom stereocenters. The molecule has 0 spiro atoms. The highest BCUT2D eigenvalue weighted by atomic mass is 16.5. The minimum atomic E-state index is -0.544. The van der Waals surface area contributed by atoms with Crippen molar-refractivity contribution in [2.45, 2.75) is 33.2 Å². The minimum Gasteiger partial charge on any atom is -0.451 e. The third-order valence-corrected chi connectivity index (χ3v) is 2.54. The maximum Gasteiger partial charge on any atom is 0.355 e. The number of hydrogen-bond acceptors (Lipinski definition) is 4. The summed E-state index contributed by atoms with van der Waals surface area (Å²) in [4.78, 5) is 23.2. The van der Waals surface area contributed by atoms with Gasteiger partial charge >= 0.3 is 5.97 Å². The Morgan fingerprint density at radius 2 is 2.16 bits per heavy atom. The minimum absolute atomic E-state index is 0.0915. The number of carbonyl (C=O) groups is 2. The molecule has 1 aromatic heterocycles. The lowest BCUT2D eigenvalue weighted by molar-refractivity contribution is -0.124. The molecule has 0 aromatic carbocycles. The molecule has 106 valence electrons. The predicted molar refractivity (Wildman–Crippen MR) is 72.8 cm³/mol. The van der Waals surface area contributed by atoms with Gasteiger partial charge in [0.25, 0.3) is 5.91 Å². The van der Waals surface area contributed by atoms with E-state index in [1.807, 2.05) is 20.8 Å². The van der Waals surface area contributed by atoms with Crippen LogP contribution in [-0.2, 0) is 9.53 Å². The van der Waals surface area contributed by atoms with Crippen LogP contribution in [0.4, 0.5) is 5.69 Å². The van der Waals surface area contributed by atoms with Crippen molar-refractivity contribution < 1.29 is 14.3 Å². The first-order valence-corrected chi connectivity index (χ1v) is 6.36. The largest absolute Gasteiger partial charge is 0.451 e. The van der Waals surface area contributed by atoms with Gasteiger partial charge in [0.1, 0.15) is 5.69 Å². The lowest BCUT2D eigenvalue weighted by Crippen LogP contribution is -2.29. The Morgan fingerprint density at radius 1 is 1.47 bits per heavy atom. The van der Waals surface area contributed by atoms with Crippen molar-refractivity contribution in [3.8, 4) is 0 Å². The van der Waals surface area contributed by atoms with Crippen LogP contribution in [0.2, 0.25) is 0 Å². The molecule has 1 amide bonds. The zero-order valence-electron chi connectivity index (χ0n) is 11.6. The number of ether oxygens (including phenoxy) is 1. The SMILES string of the molecule is CCCNC(=O)COC(=O)c1cc(N)cn1C(C)C. The highest BCUT2D eigenvalue weighted by Crippen LogP contribution is 2.17. The van der Waals surface area contributed by atoms with E-state index in [-0.39, 0.29) is 18.6 Å².